The molecule has 1 amide bonds. The molecule has 140 valence electrons. The molecule has 0 saturated carbocycles. The summed E-state index contributed by atoms with van der Waals surface area (Å²) >= 11 is 0. The van der Waals surface area contributed by atoms with Crippen molar-refractivity contribution in [3.8, 4) is 11.5 Å². The molecule has 0 atom stereocenters. The monoisotopic (exact) mass is 357 g/mol. The van der Waals surface area contributed by atoms with Gasteiger partial charge in [0.25, 0.3) is 5.91 Å². The molecule has 0 aliphatic heterocycles. The summed E-state index contributed by atoms with van der Waals surface area (Å²) in [6.07, 6.45) is 3.80. The Hall–Kier alpha value is -2.76. The van der Waals surface area contributed by atoms with Gasteiger partial charge in [0.1, 0.15) is 22.9 Å². The fourth-order valence-corrected chi connectivity index (χ4v) is 2.80. The minimum atomic E-state index is -0.298. The highest BCUT2D eigenvalue weighted by Crippen LogP contribution is 2.29. The molecule has 0 radical (unpaired) electrons. The zero-order valence-electron chi connectivity index (χ0n) is 15.9. The van der Waals surface area contributed by atoms with Crippen LogP contribution >= 0.6 is 0 Å². The highest BCUT2D eigenvalue weighted by atomic mass is 16.5. The smallest absolute Gasteiger partial charge is 0.263 e. The average molecular weight is 357 g/mol. The summed E-state index contributed by atoms with van der Waals surface area (Å²) in [5.74, 6) is 1.54. The second-order valence-corrected chi connectivity index (χ2v) is 5.88. The largest absolute Gasteiger partial charge is 0.496 e. The van der Waals surface area contributed by atoms with Gasteiger partial charge in [-0.05, 0) is 37.1 Å². The maximum Gasteiger partial charge on any atom is 0.263 e. The number of anilines is 2. The molecule has 2 aromatic rings. The molecule has 1 N–H and O–H groups in total. The predicted molar refractivity (Wildman–Crippen MR) is 105 cm³/mol. The number of methoxy groups -OCH3 is 2. The first-order valence-corrected chi connectivity index (χ1v) is 8.87. The summed E-state index contributed by atoms with van der Waals surface area (Å²) in [5, 5.41) is 2.86. The first kappa shape index (κ1) is 19.6. The van der Waals surface area contributed by atoms with Gasteiger partial charge in [-0.1, -0.05) is 19.9 Å². The first-order chi connectivity index (χ1) is 12.6. The molecule has 1 aromatic heterocycles. The van der Waals surface area contributed by atoms with Crippen LogP contribution in [0.4, 0.5) is 11.5 Å². The van der Waals surface area contributed by atoms with Crippen LogP contribution < -0.4 is 19.7 Å². The lowest BCUT2D eigenvalue weighted by atomic mass is 10.1. The highest BCUT2D eigenvalue weighted by Gasteiger charge is 2.18. The Morgan fingerprint density at radius 2 is 1.65 bits per heavy atom. The van der Waals surface area contributed by atoms with Crippen LogP contribution in [-0.2, 0) is 0 Å². The van der Waals surface area contributed by atoms with Gasteiger partial charge in [0.15, 0.2) is 0 Å². The molecule has 2 rings (SSSR count). The Labute approximate surface area is 155 Å². The molecule has 0 unspecified atom stereocenters. The van der Waals surface area contributed by atoms with Gasteiger partial charge >= 0.3 is 0 Å². The van der Waals surface area contributed by atoms with E-state index in [0.717, 1.165) is 31.7 Å². The number of carbonyl (C=O) groups excluding carboxylic acids is 1. The first-order valence-electron chi connectivity index (χ1n) is 8.87. The number of rotatable bonds is 9. The second kappa shape index (κ2) is 9.65. The van der Waals surface area contributed by atoms with E-state index in [1.165, 1.54) is 14.2 Å². The van der Waals surface area contributed by atoms with Crippen LogP contribution in [0.2, 0.25) is 0 Å². The van der Waals surface area contributed by atoms with Crippen molar-refractivity contribution in [2.45, 2.75) is 26.7 Å². The lowest BCUT2D eigenvalue weighted by Gasteiger charge is -2.22. The van der Waals surface area contributed by atoms with Crippen LogP contribution in [0.25, 0.3) is 0 Å². The summed E-state index contributed by atoms with van der Waals surface area (Å²) < 4.78 is 10.6. The lowest BCUT2D eigenvalue weighted by Crippen LogP contribution is -2.25. The molecule has 6 heteroatoms. The second-order valence-electron chi connectivity index (χ2n) is 5.88. The molecular weight excluding hydrogens is 330 g/mol. The van der Waals surface area contributed by atoms with Crippen molar-refractivity contribution in [1.82, 2.24) is 4.98 Å². The number of hydrogen-bond acceptors (Lipinski definition) is 5. The number of nitrogens with zero attached hydrogens (tertiary/aromatic N) is 2. The van der Waals surface area contributed by atoms with Crippen molar-refractivity contribution in [3.63, 3.8) is 0 Å². The molecule has 1 heterocycles. The Bertz CT molecular complexity index is 688. The van der Waals surface area contributed by atoms with E-state index < -0.39 is 0 Å². The van der Waals surface area contributed by atoms with Crippen LogP contribution in [0.5, 0.6) is 11.5 Å². The van der Waals surface area contributed by atoms with Crippen molar-refractivity contribution >= 4 is 17.4 Å². The van der Waals surface area contributed by atoms with Gasteiger partial charge in [0.2, 0.25) is 0 Å². The van der Waals surface area contributed by atoms with E-state index in [-0.39, 0.29) is 5.91 Å². The lowest BCUT2D eigenvalue weighted by molar-refractivity contribution is 0.102. The minimum Gasteiger partial charge on any atom is -0.496 e. The van der Waals surface area contributed by atoms with E-state index in [1.54, 1.807) is 24.4 Å². The number of carbonyl (C=O) groups is 1. The van der Waals surface area contributed by atoms with Gasteiger partial charge < -0.3 is 19.7 Å². The van der Waals surface area contributed by atoms with E-state index in [1.807, 2.05) is 12.1 Å². The molecule has 1 aromatic carbocycles. The van der Waals surface area contributed by atoms with Gasteiger partial charge in [0, 0.05) is 13.1 Å². The number of benzene rings is 1. The van der Waals surface area contributed by atoms with Crippen LogP contribution in [0, 0.1) is 0 Å². The van der Waals surface area contributed by atoms with E-state index in [9.17, 15) is 4.79 Å². The number of pyridine rings is 1. The Morgan fingerprint density at radius 1 is 1.04 bits per heavy atom. The Balaban J connectivity index is 2.18. The maximum atomic E-state index is 12.7. The van der Waals surface area contributed by atoms with Gasteiger partial charge in [-0.2, -0.15) is 0 Å². The Kier molecular flexibility index (Phi) is 7.26. The minimum absolute atomic E-state index is 0.298. The van der Waals surface area contributed by atoms with Gasteiger partial charge in [-0.15, -0.1) is 0 Å². The van der Waals surface area contributed by atoms with E-state index >= 15 is 0 Å². The van der Waals surface area contributed by atoms with Crippen LogP contribution in [-0.4, -0.2) is 38.2 Å². The average Bonchev–Trinajstić information content (AvgIpc) is 2.67. The molecule has 0 aliphatic carbocycles. The fourth-order valence-electron chi connectivity index (χ4n) is 2.80. The van der Waals surface area contributed by atoms with Crippen LogP contribution in [0.1, 0.15) is 37.0 Å². The zero-order chi connectivity index (χ0) is 18.9. The van der Waals surface area contributed by atoms with Gasteiger partial charge in [-0.25, -0.2) is 4.98 Å². The van der Waals surface area contributed by atoms with E-state index in [2.05, 4.69) is 29.0 Å². The standard InChI is InChI=1S/C20H27N3O3/c1-5-12-23(13-6-2)18-11-10-15(14-21-18)22-20(24)19-16(25-3)8-7-9-17(19)26-4/h7-11,14H,5-6,12-13H2,1-4H3,(H,22,24). The molecule has 0 aliphatic rings. The van der Waals surface area contributed by atoms with E-state index in [4.69, 9.17) is 9.47 Å². The molecule has 0 spiro atoms. The maximum absolute atomic E-state index is 12.7. The molecular formula is C20H27N3O3. The van der Waals surface area contributed by atoms with E-state index in [0.29, 0.717) is 22.7 Å². The molecule has 6 nitrogen and oxygen atoms in total. The quantitative estimate of drug-likeness (QED) is 0.735. The van der Waals surface area contributed by atoms with Crippen LogP contribution in [0.15, 0.2) is 36.5 Å². The number of nitrogens with one attached hydrogen (secondary N) is 1. The highest BCUT2D eigenvalue weighted by molar-refractivity contribution is 6.08. The number of aromatic nitrogens is 1. The zero-order valence-corrected chi connectivity index (χ0v) is 15.9. The summed E-state index contributed by atoms with van der Waals surface area (Å²) in [7, 11) is 3.05. The fraction of sp³-hybridized carbons (Fsp3) is 0.400. The third-order valence-electron chi connectivity index (χ3n) is 3.97. The summed E-state index contributed by atoms with van der Waals surface area (Å²) in [6, 6.07) is 9.03. The van der Waals surface area contributed by atoms with Crippen molar-refractivity contribution in [2.24, 2.45) is 0 Å². The summed E-state index contributed by atoms with van der Waals surface area (Å²) in [4.78, 5) is 19.4. The van der Waals surface area contributed by atoms with Crippen molar-refractivity contribution in [3.05, 3.63) is 42.1 Å². The van der Waals surface area contributed by atoms with Crippen molar-refractivity contribution in [2.75, 3.05) is 37.5 Å². The molecule has 0 fully saturated rings. The Morgan fingerprint density at radius 3 is 2.12 bits per heavy atom. The number of amides is 1. The van der Waals surface area contributed by atoms with Gasteiger partial charge in [0.05, 0.1) is 26.1 Å². The van der Waals surface area contributed by atoms with Crippen molar-refractivity contribution < 1.29 is 14.3 Å². The summed E-state index contributed by atoms with van der Waals surface area (Å²) in [6.45, 7) is 6.23. The van der Waals surface area contributed by atoms with Crippen LogP contribution in [0.3, 0.4) is 0 Å². The van der Waals surface area contributed by atoms with Crippen molar-refractivity contribution in [1.29, 1.82) is 0 Å². The third kappa shape index (κ3) is 4.65. The predicted octanol–water partition coefficient (Wildman–Crippen LogP) is 3.98. The normalized spacial score (nSPS) is 10.3. The SMILES string of the molecule is CCCN(CCC)c1ccc(NC(=O)c2c(OC)cccc2OC)cn1. The summed E-state index contributed by atoms with van der Waals surface area (Å²) in [5.41, 5.74) is 0.986. The molecule has 0 bridgehead atoms. The number of hydrogen-bond donors (Lipinski definition) is 1. The molecule has 26 heavy (non-hydrogen) atoms. The van der Waals surface area contributed by atoms with Gasteiger partial charge in [-0.3, -0.25) is 4.79 Å². The molecule has 0 saturated heterocycles. The topological polar surface area (TPSA) is 63.7 Å². The number of ether oxygens (including phenoxy) is 2. The third-order valence-corrected chi connectivity index (χ3v) is 3.97.